The van der Waals surface area contributed by atoms with E-state index in [1.54, 1.807) is 24.3 Å². The quantitative estimate of drug-likeness (QED) is 0.681. The first-order valence-corrected chi connectivity index (χ1v) is 6.86. The van der Waals surface area contributed by atoms with Crippen LogP contribution in [0.15, 0.2) is 48.0 Å². The largest absolute Gasteiger partial charge is 0.496 e. The van der Waals surface area contributed by atoms with Gasteiger partial charge in [0.25, 0.3) is 5.91 Å². The molecule has 0 saturated carbocycles. The zero-order chi connectivity index (χ0) is 16.8. The molecule has 0 radical (unpaired) electrons. The Labute approximate surface area is 133 Å². The SMILES string of the molecule is COc1cc(/C=C(\C#N)C(N)=O)ccc1Cc1cccc(F)c1. The maximum atomic E-state index is 13.3. The topological polar surface area (TPSA) is 76.1 Å². The average Bonchev–Trinajstić information content (AvgIpc) is 2.53. The number of hydrogen-bond donors (Lipinski definition) is 1. The molecular weight excluding hydrogens is 295 g/mol. The van der Waals surface area contributed by atoms with E-state index in [1.807, 2.05) is 12.1 Å². The molecule has 2 aromatic carbocycles. The van der Waals surface area contributed by atoms with Crippen molar-refractivity contribution in [3.63, 3.8) is 0 Å². The van der Waals surface area contributed by atoms with Crippen molar-refractivity contribution in [1.82, 2.24) is 0 Å². The summed E-state index contributed by atoms with van der Waals surface area (Å²) in [6.45, 7) is 0. The van der Waals surface area contributed by atoms with Gasteiger partial charge in [-0.1, -0.05) is 24.3 Å². The second-order valence-electron chi connectivity index (χ2n) is 4.91. The summed E-state index contributed by atoms with van der Waals surface area (Å²) >= 11 is 0. The van der Waals surface area contributed by atoms with Crippen LogP contribution in [0, 0.1) is 17.1 Å². The van der Waals surface area contributed by atoms with Gasteiger partial charge in [0.15, 0.2) is 0 Å². The van der Waals surface area contributed by atoms with E-state index in [9.17, 15) is 9.18 Å². The molecule has 23 heavy (non-hydrogen) atoms. The minimum Gasteiger partial charge on any atom is -0.496 e. The molecule has 2 rings (SSSR count). The van der Waals surface area contributed by atoms with E-state index in [0.29, 0.717) is 17.7 Å². The third kappa shape index (κ3) is 4.17. The Hall–Kier alpha value is -3.13. The van der Waals surface area contributed by atoms with Gasteiger partial charge in [0.05, 0.1) is 7.11 Å². The highest BCUT2D eigenvalue weighted by molar-refractivity contribution is 6.00. The lowest BCUT2D eigenvalue weighted by atomic mass is 10.0. The van der Waals surface area contributed by atoms with Crippen LogP contribution in [-0.2, 0) is 11.2 Å². The zero-order valence-electron chi connectivity index (χ0n) is 12.5. The summed E-state index contributed by atoms with van der Waals surface area (Å²) in [4.78, 5) is 11.1. The van der Waals surface area contributed by atoms with Crippen LogP contribution in [-0.4, -0.2) is 13.0 Å². The summed E-state index contributed by atoms with van der Waals surface area (Å²) in [5.41, 5.74) is 7.30. The Morgan fingerprint density at radius 3 is 2.74 bits per heavy atom. The highest BCUT2D eigenvalue weighted by atomic mass is 19.1. The molecule has 0 saturated heterocycles. The van der Waals surface area contributed by atoms with Gasteiger partial charge < -0.3 is 10.5 Å². The lowest BCUT2D eigenvalue weighted by Gasteiger charge is -2.10. The molecule has 0 unspecified atom stereocenters. The van der Waals surface area contributed by atoms with Crippen molar-refractivity contribution in [1.29, 1.82) is 5.26 Å². The monoisotopic (exact) mass is 310 g/mol. The number of carbonyl (C=O) groups excluding carboxylic acids is 1. The number of nitrogens with zero attached hydrogens (tertiary/aromatic N) is 1. The third-order valence-corrected chi connectivity index (χ3v) is 3.29. The summed E-state index contributed by atoms with van der Waals surface area (Å²) in [6, 6.07) is 13.4. The van der Waals surface area contributed by atoms with Crippen LogP contribution >= 0.6 is 0 Å². The van der Waals surface area contributed by atoms with Gasteiger partial charge in [0.1, 0.15) is 23.2 Å². The van der Waals surface area contributed by atoms with Gasteiger partial charge in [0, 0.05) is 6.42 Å². The van der Waals surface area contributed by atoms with E-state index in [4.69, 9.17) is 15.7 Å². The minimum absolute atomic E-state index is 0.134. The molecule has 0 aliphatic rings. The van der Waals surface area contributed by atoms with Crippen LogP contribution in [0.5, 0.6) is 5.75 Å². The van der Waals surface area contributed by atoms with Crippen LogP contribution in [0.4, 0.5) is 4.39 Å². The Balaban J connectivity index is 2.34. The van der Waals surface area contributed by atoms with Gasteiger partial charge in [0.2, 0.25) is 0 Å². The van der Waals surface area contributed by atoms with Crippen LogP contribution in [0.2, 0.25) is 0 Å². The van der Waals surface area contributed by atoms with Crippen molar-refractivity contribution in [3.05, 3.63) is 70.5 Å². The molecule has 4 nitrogen and oxygen atoms in total. The van der Waals surface area contributed by atoms with Crippen LogP contribution < -0.4 is 10.5 Å². The first-order valence-electron chi connectivity index (χ1n) is 6.86. The number of primary amides is 1. The van der Waals surface area contributed by atoms with Gasteiger partial charge in [-0.2, -0.15) is 5.26 Å². The fourth-order valence-corrected chi connectivity index (χ4v) is 2.19. The molecule has 0 heterocycles. The summed E-state index contributed by atoms with van der Waals surface area (Å²) in [5.74, 6) is -0.485. The predicted molar refractivity (Wildman–Crippen MR) is 85.0 cm³/mol. The molecule has 0 aromatic heterocycles. The number of amides is 1. The van der Waals surface area contributed by atoms with Gasteiger partial charge in [-0.05, 0) is 41.0 Å². The van der Waals surface area contributed by atoms with Crippen molar-refractivity contribution < 1.29 is 13.9 Å². The zero-order valence-corrected chi connectivity index (χ0v) is 12.5. The number of nitrogens with two attached hydrogens (primary N) is 1. The van der Waals surface area contributed by atoms with E-state index >= 15 is 0 Å². The number of rotatable bonds is 5. The maximum Gasteiger partial charge on any atom is 0.259 e. The second-order valence-corrected chi connectivity index (χ2v) is 4.91. The lowest BCUT2D eigenvalue weighted by Crippen LogP contribution is -2.12. The van der Waals surface area contributed by atoms with Gasteiger partial charge in [-0.25, -0.2) is 4.39 Å². The normalized spacial score (nSPS) is 10.9. The van der Waals surface area contributed by atoms with E-state index in [-0.39, 0.29) is 11.4 Å². The molecule has 0 fully saturated rings. The number of carbonyl (C=O) groups is 1. The standard InChI is InChI=1S/C18H15FN2O2/c1-23-17-10-13(8-15(11-20)18(21)22)5-6-14(17)7-12-3-2-4-16(19)9-12/h2-6,8-10H,7H2,1H3,(H2,21,22)/b15-8+. The lowest BCUT2D eigenvalue weighted by molar-refractivity contribution is -0.114. The van der Waals surface area contributed by atoms with Crippen molar-refractivity contribution in [2.24, 2.45) is 5.73 Å². The highest BCUT2D eigenvalue weighted by Crippen LogP contribution is 2.24. The van der Waals surface area contributed by atoms with E-state index in [2.05, 4.69) is 0 Å². The first-order chi connectivity index (χ1) is 11.0. The summed E-state index contributed by atoms with van der Waals surface area (Å²) < 4.78 is 18.6. The fraction of sp³-hybridized carbons (Fsp3) is 0.111. The first kappa shape index (κ1) is 16.2. The predicted octanol–water partition coefficient (Wildman–Crippen LogP) is 2.82. The molecule has 5 heteroatoms. The molecule has 2 aromatic rings. The molecule has 0 aliphatic heterocycles. The number of halogens is 1. The molecular formula is C18H15FN2O2. The minimum atomic E-state index is -0.782. The smallest absolute Gasteiger partial charge is 0.259 e. The maximum absolute atomic E-state index is 13.3. The molecule has 2 N–H and O–H groups in total. The number of hydrogen-bond acceptors (Lipinski definition) is 3. The van der Waals surface area contributed by atoms with Crippen molar-refractivity contribution in [3.8, 4) is 11.8 Å². The summed E-state index contributed by atoms with van der Waals surface area (Å²) in [5, 5.41) is 8.87. The fourth-order valence-electron chi connectivity index (χ4n) is 2.19. The van der Waals surface area contributed by atoms with Crippen LogP contribution in [0.3, 0.4) is 0 Å². The van der Waals surface area contributed by atoms with E-state index in [0.717, 1.165) is 11.1 Å². The van der Waals surface area contributed by atoms with Gasteiger partial charge >= 0.3 is 0 Å². The molecule has 1 amide bonds. The van der Waals surface area contributed by atoms with Crippen LogP contribution in [0.1, 0.15) is 16.7 Å². The summed E-state index contributed by atoms with van der Waals surface area (Å²) in [6.07, 6.45) is 1.91. The average molecular weight is 310 g/mol. The van der Waals surface area contributed by atoms with E-state index in [1.165, 1.54) is 25.3 Å². The number of methoxy groups -OCH3 is 1. The Morgan fingerprint density at radius 2 is 2.13 bits per heavy atom. The molecule has 0 atom stereocenters. The van der Waals surface area contributed by atoms with Crippen molar-refractivity contribution in [2.75, 3.05) is 7.11 Å². The number of ether oxygens (including phenoxy) is 1. The molecule has 0 spiro atoms. The van der Waals surface area contributed by atoms with Crippen LogP contribution in [0.25, 0.3) is 6.08 Å². The highest BCUT2D eigenvalue weighted by Gasteiger charge is 2.08. The third-order valence-electron chi connectivity index (χ3n) is 3.29. The van der Waals surface area contributed by atoms with E-state index < -0.39 is 5.91 Å². The number of benzene rings is 2. The van der Waals surface area contributed by atoms with Crippen molar-refractivity contribution >= 4 is 12.0 Å². The Kier molecular flexibility index (Phi) is 5.11. The van der Waals surface area contributed by atoms with Gasteiger partial charge in [-0.15, -0.1) is 0 Å². The Morgan fingerprint density at radius 1 is 1.35 bits per heavy atom. The van der Waals surface area contributed by atoms with Gasteiger partial charge in [-0.3, -0.25) is 4.79 Å². The number of nitriles is 1. The summed E-state index contributed by atoms with van der Waals surface area (Å²) in [7, 11) is 1.52. The molecule has 0 aliphatic carbocycles. The van der Waals surface area contributed by atoms with Crippen molar-refractivity contribution in [2.45, 2.75) is 6.42 Å². The Bertz CT molecular complexity index is 807. The molecule has 0 bridgehead atoms. The molecule has 116 valence electrons. The second kappa shape index (κ2) is 7.23.